The van der Waals surface area contributed by atoms with Crippen LogP contribution in [0.1, 0.15) is 119 Å². The molecule has 7 heteroatoms. The molecule has 2 N–H and O–H groups in total. The van der Waals surface area contributed by atoms with E-state index in [0.717, 1.165) is 16.7 Å². The molecule has 0 unspecified atom stereocenters. The number of carbonyl (C=O) groups is 1. The van der Waals surface area contributed by atoms with Crippen LogP contribution < -0.4 is 38.9 Å². The van der Waals surface area contributed by atoms with E-state index in [2.05, 4.69) is 39.8 Å². The Morgan fingerprint density at radius 3 is 1.73 bits per heavy atom. The molecule has 0 saturated heterocycles. The largest absolute Gasteiger partial charge is 1.00 e. The maximum absolute atomic E-state index is 13.7. The molecule has 0 aromatic heterocycles. The Balaban J connectivity index is 0.00000544. The minimum absolute atomic E-state index is 0. The molecule has 33 heavy (non-hydrogen) atoms. The predicted octanol–water partition coefficient (Wildman–Crippen LogP) is 3.30. The van der Waals surface area contributed by atoms with Crippen LogP contribution in [0.25, 0.3) is 0 Å². The number of nitrogens with two attached hydrogens (primary N) is 1. The third-order valence-electron chi connectivity index (χ3n) is 5.76. The first-order valence-corrected chi connectivity index (χ1v) is 12.8. The van der Waals surface area contributed by atoms with Crippen molar-refractivity contribution in [1.29, 1.82) is 0 Å². The van der Waals surface area contributed by atoms with Gasteiger partial charge in [0.25, 0.3) is 0 Å². The van der Waals surface area contributed by atoms with E-state index in [1.54, 1.807) is 12.1 Å². The molecule has 2 aromatic rings. The Kier molecular flexibility index (Phi) is 10.8. The summed E-state index contributed by atoms with van der Waals surface area (Å²) in [6.45, 7) is 16.3. The summed E-state index contributed by atoms with van der Waals surface area (Å²) in [6, 6.07) is 9.80. The van der Waals surface area contributed by atoms with E-state index < -0.39 is 10.3 Å². The normalized spacial score (nSPS) is 11.9. The molecule has 5 nitrogen and oxygen atoms in total. The van der Waals surface area contributed by atoms with Gasteiger partial charge in [0.2, 0.25) is 0 Å². The maximum atomic E-state index is 13.7. The smallest absolute Gasteiger partial charge is 1.00 e. The Labute approximate surface area is 223 Å². The van der Waals surface area contributed by atoms with Gasteiger partial charge in [0, 0.05) is 17.5 Å². The standard InChI is InChI=1S/C26H37NO4S.Na.H/c1-15(2)19-10-9-11-20(16(3)4)23(19)14-24(28)22-13-12-21(17(5)6)26(25(22)18(7)8)31-32(27,29)30;;/h9-13,15-18H,14H2,1-8H3,(H2,27,29,30);;/q;+1;-1. The number of hydrogen-bond donors (Lipinski definition) is 1. The van der Waals surface area contributed by atoms with Gasteiger partial charge in [-0.2, -0.15) is 13.6 Å². The third-order valence-corrected chi connectivity index (χ3v) is 6.15. The van der Waals surface area contributed by atoms with E-state index in [4.69, 9.17) is 9.32 Å². The van der Waals surface area contributed by atoms with Crippen molar-refractivity contribution in [2.24, 2.45) is 5.14 Å². The molecule has 0 heterocycles. The van der Waals surface area contributed by atoms with Crippen molar-refractivity contribution in [3.05, 3.63) is 63.7 Å². The fourth-order valence-electron chi connectivity index (χ4n) is 4.26. The molecule has 2 rings (SSSR count). The second-order valence-corrected chi connectivity index (χ2v) is 10.8. The number of rotatable bonds is 9. The number of ketones is 1. The predicted molar refractivity (Wildman–Crippen MR) is 132 cm³/mol. The second-order valence-electron chi connectivity index (χ2n) is 9.66. The Bertz CT molecular complexity index is 1070. The summed E-state index contributed by atoms with van der Waals surface area (Å²) in [5.74, 6) is 0.566. The second kappa shape index (κ2) is 12.0. The summed E-state index contributed by atoms with van der Waals surface area (Å²) in [6.07, 6.45) is 0.247. The van der Waals surface area contributed by atoms with E-state index in [-0.39, 0.29) is 72.6 Å². The van der Waals surface area contributed by atoms with Gasteiger partial charge >= 0.3 is 39.9 Å². The quantitative estimate of drug-likeness (QED) is 0.438. The van der Waals surface area contributed by atoms with Gasteiger partial charge in [-0.3, -0.25) is 4.79 Å². The summed E-state index contributed by atoms with van der Waals surface area (Å²) in [5, 5.41) is 5.23. The molecule has 0 aliphatic heterocycles. The number of benzene rings is 2. The topological polar surface area (TPSA) is 86.5 Å². The van der Waals surface area contributed by atoms with Crippen LogP contribution in [0.15, 0.2) is 30.3 Å². The third kappa shape index (κ3) is 7.40. The van der Waals surface area contributed by atoms with Gasteiger partial charge in [-0.1, -0.05) is 85.7 Å². The Morgan fingerprint density at radius 1 is 0.848 bits per heavy atom. The van der Waals surface area contributed by atoms with Crippen LogP contribution in [0.4, 0.5) is 0 Å². The zero-order chi connectivity index (χ0) is 24.4. The van der Waals surface area contributed by atoms with Crippen LogP contribution in [-0.2, 0) is 16.7 Å². The van der Waals surface area contributed by atoms with Gasteiger partial charge in [-0.05, 0) is 45.9 Å². The van der Waals surface area contributed by atoms with Gasteiger partial charge in [0.05, 0.1) is 0 Å². The zero-order valence-corrected chi connectivity index (χ0v) is 24.3. The summed E-state index contributed by atoms with van der Waals surface area (Å²) in [4.78, 5) is 13.7. The number of carbonyl (C=O) groups excluding carboxylic acids is 1. The molecule has 0 aliphatic carbocycles. The zero-order valence-electron chi connectivity index (χ0n) is 22.5. The van der Waals surface area contributed by atoms with Crippen LogP contribution in [-0.4, -0.2) is 14.2 Å². The van der Waals surface area contributed by atoms with Gasteiger partial charge < -0.3 is 5.61 Å². The molecule has 0 aliphatic rings. The van der Waals surface area contributed by atoms with Crippen molar-refractivity contribution in [1.82, 2.24) is 0 Å². The number of Topliss-reactive ketones (excluding diaryl/α,β-unsaturated/α-hetero) is 1. The SMILES string of the molecule is CC(C)c1cccc(C(C)C)c1CC(=O)c1ccc(C(C)C)c(OS(N)(=O)=O)c1C(C)C.[H-].[Na+]. The van der Waals surface area contributed by atoms with Crippen LogP contribution >= 0.6 is 0 Å². The summed E-state index contributed by atoms with van der Waals surface area (Å²) >= 11 is 0. The number of hydrogen-bond acceptors (Lipinski definition) is 4. The molecular formula is C26H38NNaO4S. The Morgan fingerprint density at radius 2 is 1.33 bits per heavy atom. The minimum atomic E-state index is -4.24. The van der Waals surface area contributed by atoms with Crippen molar-refractivity contribution in [2.75, 3.05) is 0 Å². The van der Waals surface area contributed by atoms with Crippen molar-refractivity contribution in [3.63, 3.8) is 0 Å². The van der Waals surface area contributed by atoms with Crippen LogP contribution in [0.3, 0.4) is 0 Å². The molecule has 2 aromatic carbocycles. The fraction of sp³-hybridized carbons (Fsp3) is 0.500. The van der Waals surface area contributed by atoms with Crippen LogP contribution in [0.2, 0.25) is 0 Å². The van der Waals surface area contributed by atoms with E-state index in [1.165, 1.54) is 0 Å². The maximum Gasteiger partial charge on any atom is 1.00 e. The van der Waals surface area contributed by atoms with Crippen molar-refractivity contribution in [2.45, 2.75) is 85.5 Å². The molecule has 0 atom stereocenters. The van der Waals surface area contributed by atoms with Crippen molar-refractivity contribution in [3.8, 4) is 5.75 Å². The Hall–Kier alpha value is -1.18. The van der Waals surface area contributed by atoms with Crippen LogP contribution in [0.5, 0.6) is 5.75 Å². The van der Waals surface area contributed by atoms with E-state index >= 15 is 0 Å². The molecule has 0 amide bonds. The molecule has 178 valence electrons. The summed E-state index contributed by atoms with van der Waals surface area (Å²) < 4.78 is 28.9. The molecule has 0 saturated carbocycles. The van der Waals surface area contributed by atoms with Crippen molar-refractivity contribution < 1.29 is 48.4 Å². The van der Waals surface area contributed by atoms with Gasteiger partial charge in [-0.15, -0.1) is 0 Å². The molecular weight excluding hydrogens is 445 g/mol. The minimum Gasteiger partial charge on any atom is -1.00 e. The van der Waals surface area contributed by atoms with E-state index in [1.807, 2.05) is 33.8 Å². The van der Waals surface area contributed by atoms with E-state index in [9.17, 15) is 13.2 Å². The molecule has 0 radical (unpaired) electrons. The molecule has 0 fully saturated rings. The van der Waals surface area contributed by atoms with Gasteiger partial charge in [-0.25, -0.2) is 0 Å². The summed E-state index contributed by atoms with van der Waals surface area (Å²) in [5.41, 5.74) is 5.16. The van der Waals surface area contributed by atoms with Gasteiger partial charge in [0.15, 0.2) is 11.5 Å². The average molecular weight is 484 g/mol. The summed E-state index contributed by atoms with van der Waals surface area (Å²) in [7, 11) is -4.24. The van der Waals surface area contributed by atoms with Crippen molar-refractivity contribution >= 4 is 16.1 Å². The molecule has 0 bridgehead atoms. The average Bonchev–Trinajstić information content (AvgIpc) is 2.65. The fourth-order valence-corrected chi connectivity index (χ4v) is 4.68. The van der Waals surface area contributed by atoms with Crippen LogP contribution in [0, 0.1) is 0 Å². The molecule has 0 spiro atoms. The van der Waals surface area contributed by atoms with Gasteiger partial charge in [0.1, 0.15) is 0 Å². The first-order chi connectivity index (χ1) is 14.7. The first-order valence-electron chi connectivity index (χ1n) is 11.3. The monoisotopic (exact) mass is 483 g/mol. The van der Waals surface area contributed by atoms with E-state index in [0.29, 0.717) is 16.7 Å². The first kappa shape index (κ1) is 29.9.